The highest BCUT2D eigenvalue weighted by atomic mass is 16.3. The van der Waals surface area contributed by atoms with Gasteiger partial charge in [0.2, 0.25) is 0 Å². The second kappa shape index (κ2) is 4.33. The molecule has 0 aliphatic heterocycles. The Morgan fingerprint density at radius 1 is 1.29 bits per heavy atom. The summed E-state index contributed by atoms with van der Waals surface area (Å²) in [6.45, 7) is 3.67. The molecule has 0 fully saturated rings. The zero-order valence-corrected chi connectivity index (χ0v) is 9.78. The molecule has 17 heavy (non-hydrogen) atoms. The van der Waals surface area contributed by atoms with Crippen LogP contribution in [-0.4, -0.2) is 5.91 Å². The van der Waals surface area contributed by atoms with E-state index in [1.807, 2.05) is 19.1 Å². The molecule has 1 amide bonds. The number of amides is 1. The van der Waals surface area contributed by atoms with Crippen molar-refractivity contribution in [2.24, 2.45) is 0 Å². The Balaban J connectivity index is 2.19. The molecular formula is C13H14N2O2. The van der Waals surface area contributed by atoms with E-state index in [0.29, 0.717) is 22.7 Å². The van der Waals surface area contributed by atoms with Crippen LogP contribution >= 0.6 is 0 Å². The number of nitrogens with two attached hydrogens (primary N) is 1. The maximum atomic E-state index is 11.9. The molecule has 0 atom stereocenters. The van der Waals surface area contributed by atoms with E-state index in [2.05, 4.69) is 5.32 Å². The van der Waals surface area contributed by atoms with Crippen molar-refractivity contribution >= 4 is 17.3 Å². The number of hydrogen-bond donors (Lipinski definition) is 2. The summed E-state index contributed by atoms with van der Waals surface area (Å²) in [6.07, 6.45) is 1.49. The van der Waals surface area contributed by atoms with Gasteiger partial charge in [-0.25, -0.2) is 0 Å². The fourth-order valence-electron chi connectivity index (χ4n) is 1.54. The highest BCUT2D eigenvalue weighted by Crippen LogP contribution is 2.18. The second-order valence-corrected chi connectivity index (χ2v) is 3.92. The Kier molecular flexibility index (Phi) is 2.87. The number of rotatable bonds is 2. The lowest BCUT2D eigenvalue weighted by Crippen LogP contribution is -2.12. The molecule has 4 heteroatoms. The molecule has 1 aromatic carbocycles. The van der Waals surface area contributed by atoms with E-state index in [-0.39, 0.29) is 5.91 Å². The van der Waals surface area contributed by atoms with Crippen LogP contribution in [0.4, 0.5) is 11.4 Å². The number of carbonyl (C=O) groups excluding carboxylic acids is 1. The van der Waals surface area contributed by atoms with Crippen molar-refractivity contribution in [3.63, 3.8) is 0 Å². The first-order valence-corrected chi connectivity index (χ1v) is 5.29. The third-order valence-corrected chi connectivity index (χ3v) is 2.64. The quantitative estimate of drug-likeness (QED) is 0.779. The highest BCUT2D eigenvalue weighted by Gasteiger charge is 2.11. The number of nitrogens with one attached hydrogen (secondary N) is 1. The summed E-state index contributed by atoms with van der Waals surface area (Å²) in [5, 5.41) is 2.77. The van der Waals surface area contributed by atoms with Crippen LogP contribution < -0.4 is 11.1 Å². The van der Waals surface area contributed by atoms with Gasteiger partial charge in [0.25, 0.3) is 5.91 Å². The lowest BCUT2D eigenvalue weighted by atomic mass is 10.2. The smallest absolute Gasteiger partial charge is 0.259 e. The van der Waals surface area contributed by atoms with Crippen molar-refractivity contribution in [3.8, 4) is 0 Å². The number of anilines is 2. The standard InChI is InChI=1S/C13H14N2O2/c1-8-3-4-10(7-12(8)14)15-13(16)11-5-6-17-9(11)2/h3-7H,14H2,1-2H3,(H,15,16). The van der Waals surface area contributed by atoms with Crippen LogP contribution in [-0.2, 0) is 0 Å². The van der Waals surface area contributed by atoms with Gasteiger partial charge >= 0.3 is 0 Å². The molecule has 0 spiro atoms. The van der Waals surface area contributed by atoms with Crippen LogP contribution in [0.15, 0.2) is 34.9 Å². The van der Waals surface area contributed by atoms with Gasteiger partial charge < -0.3 is 15.5 Å². The van der Waals surface area contributed by atoms with Gasteiger partial charge in [0.15, 0.2) is 0 Å². The number of furan rings is 1. The third kappa shape index (κ3) is 2.30. The van der Waals surface area contributed by atoms with E-state index in [9.17, 15) is 4.79 Å². The monoisotopic (exact) mass is 230 g/mol. The molecule has 1 aromatic heterocycles. The SMILES string of the molecule is Cc1ccc(NC(=O)c2ccoc2C)cc1N. The lowest BCUT2D eigenvalue weighted by Gasteiger charge is -2.06. The number of carbonyl (C=O) groups is 1. The van der Waals surface area contributed by atoms with Gasteiger partial charge in [-0.05, 0) is 37.6 Å². The fraction of sp³-hybridized carbons (Fsp3) is 0.154. The first-order chi connectivity index (χ1) is 8.08. The minimum atomic E-state index is -0.195. The van der Waals surface area contributed by atoms with Gasteiger partial charge in [-0.2, -0.15) is 0 Å². The van der Waals surface area contributed by atoms with Crippen LogP contribution in [0, 0.1) is 13.8 Å². The van der Waals surface area contributed by atoms with Crippen LogP contribution in [0.1, 0.15) is 21.7 Å². The molecule has 0 aliphatic rings. The molecule has 0 saturated carbocycles. The maximum absolute atomic E-state index is 11.9. The van der Waals surface area contributed by atoms with Crippen molar-refractivity contribution < 1.29 is 9.21 Å². The van der Waals surface area contributed by atoms with E-state index in [0.717, 1.165) is 5.56 Å². The topological polar surface area (TPSA) is 68.3 Å². The number of aryl methyl sites for hydroxylation is 2. The molecule has 0 bridgehead atoms. The van der Waals surface area contributed by atoms with Crippen molar-refractivity contribution in [1.82, 2.24) is 0 Å². The minimum absolute atomic E-state index is 0.195. The molecule has 88 valence electrons. The summed E-state index contributed by atoms with van der Waals surface area (Å²) in [5.74, 6) is 0.405. The predicted molar refractivity (Wildman–Crippen MR) is 67.0 cm³/mol. The Labute approximate surface area is 99.4 Å². The zero-order chi connectivity index (χ0) is 12.4. The Morgan fingerprint density at radius 3 is 2.65 bits per heavy atom. The average Bonchev–Trinajstić information content (AvgIpc) is 2.70. The molecule has 1 heterocycles. The molecule has 0 radical (unpaired) electrons. The summed E-state index contributed by atoms with van der Waals surface area (Å²) in [6, 6.07) is 7.07. The average molecular weight is 230 g/mol. The van der Waals surface area contributed by atoms with E-state index in [1.165, 1.54) is 6.26 Å². The molecular weight excluding hydrogens is 216 g/mol. The van der Waals surface area contributed by atoms with Crippen LogP contribution in [0.3, 0.4) is 0 Å². The molecule has 2 aromatic rings. The summed E-state index contributed by atoms with van der Waals surface area (Å²) in [7, 11) is 0. The van der Waals surface area contributed by atoms with Crippen LogP contribution in [0.25, 0.3) is 0 Å². The first kappa shape index (κ1) is 11.3. The normalized spacial score (nSPS) is 10.2. The van der Waals surface area contributed by atoms with Gasteiger partial charge in [-0.15, -0.1) is 0 Å². The molecule has 4 nitrogen and oxygen atoms in total. The maximum Gasteiger partial charge on any atom is 0.259 e. The third-order valence-electron chi connectivity index (χ3n) is 2.64. The van der Waals surface area contributed by atoms with Gasteiger partial charge in [0.05, 0.1) is 11.8 Å². The Hall–Kier alpha value is -2.23. The Bertz CT molecular complexity index is 558. The fourth-order valence-corrected chi connectivity index (χ4v) is 1.54. The number of hydrogen-bond acceptors (Lipinski definition) is 3. The first-order valence-electron chi connectivity index (χ1n) is 5.29. The summed E-state index contributed by atoms with van der Waals surface area (Å²) < 4.78 is 5.08. The summed E-state index contributed by atoms with van der Waals surface area (Å²) in [4.78, 5) is 11.9. The van der Waals surface area contributed by atoms with E-state index in [4.69, 9.17) is 10.2 Å². The van der Waals surface area contributed by atoms with E-state index < -0.39 is 0 Å². The van der Waals surface area contributed by atoms with Gasteiger partial charge in [0.1, 0.15) is 5.76 Å². The zero-order valence-electron chi connectivity index (χ0n) is 9.78. The van der Waals surface area contributed by atoms with Crippen LogP contribution in [0.5, 0.6) is 0 Å². The van der Waals surface area contributed by atoms with Crippen LogP contribution in [0.2, 0.25) is 0 Å². The van der Waals surface area contributed by atoms with E-state index in [1.54, 1.807) is 19.1 Å². The van der Waals surface area contributed by atoms with Gasteiger partial charge in [-0.3, -0.25) is 4.79 Å². The molecule has 3 N–H and O–H groups in total. The van der Waals surface area contributed by atoms with Crippen molar-refractivity contribution in [1.29, 1.82) is 0 Å². The van der Waals surface area contributed by atoms with E-state index >= 15 is 0 Å². The minimum Gasteiger partial charge on any atom is -0.469 e. The van der Waals surface area contributed by atoms with Crippen molar-refractivity contribution in [2.45, 2.75) is 13.8 Å². The highest BCUT2D eigenvalue weighted by molar-refractivity contribution is 6.05. The Morgan fingerprint density at radius 2 is 2.06 bits per heavy atom. The molecule has 0 saturated heterocycles. The largest absolute Gasteiger partial charge is 0.469 e. The second-order valence-electron chi connectivity index (χ2n) is 3.92. The summed E-state index contributed by atoms with van der Waals surface area (Å²) >= 11 is 0. The molecule has 2 rings (SSSR count). The van der Waals surface area contributed by atoms with Crippen molar-refractivity contribution in [3.05, 3.63) is 47.4 Å². The lowest BCUT2D eigenvalue weighted by molar-refractivity contribution is 0.102. The predicted octanol–water partition coefficient (Wildman–Crippen LogP) is 2.73. The number of benzene rings is 1. The van der Waals surface area contributed by atoms with Crippen molar-refractivity contribution in [2.75, 3.05) is 11.1 Å². The van der Waals surface area contributed by atoms with Gasteiger partial charge in [0, 0.05) is 11.4 Å². The number of nitrogen functional groups attached to an aromatic ring is 1. The van der Waals surface area contributed by atoms with Gasteiger partial charge in [-0.1, -0.05) is 6.07 Å². The molecule has 0 unspecified atom stereocenters. The summed E-state index contributed by atoms with van der Waals surface area (Å²) in [5.41, 5.74) is 8.63. The molecule has 0 aliphatic carbocycles.